The van der Waals surface area contributed by atoms with Crippen molar-refractivity contribution in [3.8, 4) is 0 Å². The van der Waals surface area contributed by atoms with Crippen molar-refractivity contribution in [2.45, 2.75) is 37.1 Å². The smallest absolute Gasteiger partial charge is 0.154 e. The second-order valence-electron chi connectivity index (χ2n) is 5.49. The molecule has 0 aromatic heterocycles. The molecule has 2 nitrogen and oxygen atoms in total. The van der Waals surface area contributed by atoms with Crippen LogP contribution in [-0.2, 0) is 5.41 Å². The zero-order chi connectivity index (χ0) is 13.3. The molecule has 0 saturated heterocycles. The van der Waals surface area contributed by atoms with Crippen LogP contribution in [0.1, 0.15) is 36.8 Å². The van der Waals surface area contributed by atoms with Gasteiger partial charge in [0.25, 0.3) is 0 Å². The van der Waals surface area contributed by atoms with Crippen LogP contribution in [0.25, 0.3) is 6.08 Å². The Morgan fingerprint density at radius 1 is 1.37 bits per heavy atom. The van der Waals surface area contributed by atoms with Crippen molar-refractivity contribution in [3.05, 3.63) is 42.0 Å². The molecule has 0 amide bonds. The van der Waals surface area contributed by atoms with Crippen LogP contribution in [0.3, 0.4) is 0 Å². The first kappa shape index (κ1) is 12.8. The van der Waals surface area contributed by atoms with Gasteiger partial charge in [-0.3, -0.25) is 4.99 Å². The fraction of sp³-hybridized carbons (Fsp3) is 0.438. The summed E-state index contributed by atoms with van der Waals surface area (Å²) >= 11 is 1.70. The summed E-state index contributed by atoms with van der Waals surface area (Å²) in [6.45, 7) is 3.88. The maximum atomic E-state index is 5.88. The maximum absolute atomic E-state index is 5.88. The Bertz CT molecular complexity index is 515. The van der Waals surface area contributed by atoms with Gasteiger partial charge in [-0.05, 0) is 24.0 Å². The lowest BCUT2D eigenvalue weighted by Crippen LogP contribution is -2.36. The minimum Gasteiger partial charge on any atom is -0.379 e. The highest BCUT2D eigenvalue weighted by atomic mass is 32.2. The van der Waals surface area contributed by atoms with E-state index in [1.54, 1.807) is 11.8 Å². The fourth-order valence-electron chi connectivity index (χ4n) is 3.47. The van der Waals surface area contributed by atoms with Gasteiger partial charge in [0.05, 0.1) is 6.04 Å². The van der Waals surface area contributed by atoms with E-state index in [1.807, 2.05) is 6.08 Å². The molecule has 1 fully saturated rings. The first-order chi connectivity index (χ1) is 9.24. The third-order valence-corrected chi connectivity index (χ3v) is 5.39. The normalized spacial score (nSPS) is 25.3. The third-order valence-electron chi connectivity index (χ3n) is 4.50. The molecule has 2 aliphatic rings. The van der Waals surface area contributed by atoms with Crippen LogP contribution in [-0.4, -0.2) is 17.0 Å². The number of thioether (sulfide) groups is 1. The number of nitrogens with zero attached hydrogens (tertiary/aromatic N) is 1. The molecular formula is C16H20N2S. The van der Waals surface area contributed by atoms with Crippen LogP contribution in [0.5, 0.6) is 0 Å². The highest BCUT2D eigenvalue weighted by molar-refractivity contribution is 8.14. The van der Waals surface area contributed by atoms with Crippen molar-refractivity contribution < 1.29 is 0 Å². The summed E-state index contributed by atoms with van der Waals surface area (Å²) in [6, 6.07) is 9.14. The molecule has 1 aliphatic heterocycles. The van der Waals surface area contributed by atoms with Crippen molar-refractivity contribution in [3.63, 3.8) is 0 Å². The highest BCUT2D eigenvalue weighted by Gasteiger charge is 2.44. The molecular weight excluding hydrogens is 252 g/mol. The molecule has 2 N–H and O–H groups in total. The van der Waals surface area contributed by atoms with E-state index in [4.69, 9.17) is 10.7 Å². The molecule has 1 aromatic rings. The molecule has 1 aromatic carbocycles. The van der Waals surface area contributed by atoms with E-state index < -0.39 is 0 Å². The molecule has 0 radical (unpaired) electrons. The molecule has 0 spiro atoms. The summed E-state index contributed by atoms with van der Waals surface area (Å²) in [5.41, 5.74) is 8.71. The zero-order valence-corrected chi connectivity index (χ0v) is 12.0. The van der Waals surface area contributed by atoms with Gasteiger partial charge in [0, 0.05) is 11.2 Å². The Hall–Kier alpha value is -1.22. The van der Waals surface area contributed by atoms with E-state index in [0.717, 1.165) is 10.9 Å². The van der Waals surface area contributed by atoms with Gasteiger partial charge in [0.2, 0.25) is 0 Å². The van der Waals surface area contributed by atoms with E-state index in [1.165, 1.54) is 36.8 Å². The Morgan fingerprint density at radius 2 is 2.16 bits per heavy atom. The van der Waals surface area contributed by atoms with Crippen LogP contribution >= 0.6 is 11.8 Å². The topological polar surface area (TPSA) is 38.4 Å². The Morgan fingerprint density at radius 3 is 2.79 bits per heavy atom. The number of aliphatic imine (C=N–C) groups is 1. The standard InChI is InChI=1S/C16H20N2S/c1-2-12-6-5-7-13(10-12)16(8-3-4-9-16)14-11-19-15(17)18-14/h2,5-7,10,14H,1,3-4,8-9,11H2,(H2,17,18). The SMILES string of the molecule is C=Cc1cccc(C2(C3CSC(N)=N3)CCCC2)c1. The van der Waals surface area contributed by atoms with Crippen LogP contribution in [0.2, 0.25) is 0 Å². The fourth-order valence-corrected chi connectivity index (χ4v) is 4.40. The van der Waals surface area contributed by atoms with Gasteiger partial charge in [-0.2, -0.15) is 0 Å². The van der Waals surface area contributed by atoms with E-state index in [-0.39, 0.29) is 5.41 Å². The van der Waals surface area contributed by atoms with Gasteiger partial charge in [0.15, 0.2) is 5.17 Å². The molecule has 100 valence electrons. The number of benzene rings is 1. The number of nitrogens with two attached hydrogens (primary N) is 1. The van der Waals surface area contributed by atoms with Crippen LogP contribution in [0.15, 0.2) is 35.8 Å². The molecule has 1 aliphatic carbocycles. The van der Waals surface area contributed by atoms with Crippen molar-refractivity contribution >= 4 is 23.0 Å². The molecule has 1 heterocycles. The van der Waals surface area contributed by atoms with E-state index in [0.29, 0.717) is 6.04 Å². The van der Waals surface area contributed by atoms with E-state index >= 15 is 0 Å². The molecule has 1 unspecified atom stereocenters. The van der Waals surface area contributed by atoms with Gasteiger partial charge >= 0.3 is 0 Å². The second kappa shape index (κ2) is 5.04. The quantitative estimate of drug-likeness (QED) is 0.913. The number of hydrogen-bond donors (Lipinski definition) is 1. The van der Waals surface area contributed by atoms with E-state index in [9.17, 15) is 0 Å². The molecule has 0 bridgehead atoms. The van der Waals surface area contributed by atoms with Gasteiger partial charge in [-0.1, -0.05) is 61.5 Å². The minimum absolute atomic E-state index is 0.202. The summed E-state index contributed by atoms with van der Waals surface area (Å²) in [6.07, 6.45) is 6.99. The number of hydrogen-bond acceptors (Lipinski definition) is 3. The Kier molecular flexibility index (Phi) is 3.40. The van der Waals surface area contributed by atoms with Gasteiger partial charge in [-0.25, -0.2) is 0 Å². The van der Waals surface area contributed by atoms with Gasteiger partial charge in [0.1, 0.15) is 0 Å². The van der Waals surface area contributed by atoms with Gasteiger partial charge < -0.3 is 5.73 Å². The minimum atomic E-state index is 0.202. The lowest BCUT2D eigenvalue weighted by Gasteiger charge is -2.34. The second-order valence-corrected chi connectivity index (χ2v) is 6.53. The van der Waals surface area contributed by atoms with Crippen LogP contribution in [0, 0.1) is 0 Å². The zero-order valence-electron chi connectivity index (χ0n) is 11.1. The predicted octanol–water partition coefficient (Wildman–Crippen LogP) is 3.57. The van der Waals surface area contributed by atoms with Crippen molar-refractivity contribution in [2.24, 2.45) is 10.7 Å². The van der Waals surface area contributed by atoms with Crippen LogP contribution < -0.4 is 5.73 Å². The lowest BCUT2D eigenvalue weighted by atomic mass is 9.73. The van der Waals surface area contributed by atoms with Crippen molar-refractivity contribution in [1.82, 2.24) is 0 Å². The van der Waals surface area contributed by atoms with Gasteiger partial charge in [-0.15, -0.1) is 0 Å². The van der Waals surface area contributed by atoms with Crippen molar-refractivity contribution in [2.75, 3.05) is 5.75 Å². The van der Waals surface area contributed by atoms with Crippen LogP contribution in [0.4, 0.5) is 0 Å². The summed E-state index contributed by atoms with van der Waals surface area (Å²) in [5, 5.41) is 0.760. The Balaban J connectivity index is 2.02. The average molecular weight is 272 g/mol. The first-order valence-corrected chi connectivity index (χ1v) is 7.92. The predicted molar refractivity (Wildman–Crippen MR) is 84.5 cm³/mol. The third kappa shape index (κ3) is 2.20. The molecule has 3 heteroatoms. The largest absolute Gasteiger partial charge is 0.379 e. The van der Waals surface area contributed by atoms with E-state index in [2.05, 4.69) is 30.8 Å². The lowest BCUT2D eigenvalue weighted by molar-refractivity contribution is 0.377. The first-order valence-electron chi connectivity index (χ1n) is 6.94. The maximum Gasteiger partial charge on any atom is 0.154 e. The average Bonchev–Trinajstić information content (AvgIpc) is 3.08. The summed E-state index contributed by atoms with van der Waals surface area (Å²) < 4.78 is 0. The summed E-state index contributed by atoms with van der Waals surface area (Å²) in [7, 11) is 0. The monoisotopic (exact) mass is 272 g/mol. The van der Waals surface area contributed by atoms with Crippen molar-refractivity contribution in [1.29, 1.82) is 0 Å². The molecule has 1 saturated carbocycles. The summed E-state index contributed by atoms with van der Waals surface area (Å²) in [5.74, 6) is 1.03. The Labute approximate surface area is 119 Å². The highest BCUT2D eigenvalue weighted by Crippen LogP contribution is 2.47. The molecule has 1 atom stereocenters. The molecule has 3 rings (SSSR count). The summed E-state index contributed by atoms with van der Waals surface area (Å²) in [4.78, 5) is 4.71. The number of rotatable bonds is 3. The number of amidine groups is 1. The molecule has 19 heavy (non-hydrogen) atoms.